The lowest BCUT2D eigenvalue weighted by Gasteiger charge is -2.06. The summed E-state index contributed by atoms with van der Waals surface area (Å²) in [6, 6.07) is 14.4. The standard InChI is InChI=1S/C21H21FN2O3/c1-2-3-4-13-26-18-11-7-16(8-12-18)21(25)23-20-14-19(24-27-20)15-5-9-17(22)10-6-15/h5-12,14H,2-4,13H2,1H3,(H,23,25). The number of hydrogen-bond acceptors (Lipinski definition) is 4. The van der Waals surface area contributed by atoms with Gasteiger partial charge >= 0.3 is 0 Å². The van der Waals surface area contributed by atoms with E-state index in [9.17, 15) is 9.18 Å². The first-order chi connectivity index (χ1) is 13.2. The summed E-state index contributed by atoms with van der Waals surface area (Å²) >= 11 is 0. The van der Waals surface area contributed by atoms with Gasteiger partial charge in [-0.2, -0.15) is 0 Å². The Morgan fingerprint density at radius 1 is 1.11 bits per heavy atom. The van der Waals surface area contributed by atoms with Crippen LogP contribution < -0.4 is 10.1 Å². The Balaban J connectivity index is 1.58. The third kappa shape index (κ3) is 5.17. The second-order valence-corrected chi connectivity index (χ2v) is 6.12. The normalized spacial score (nSPS) is 10.6. The molecule has 0 spiro atoms. The van der Waals surface area contributed by atoms with E-state index < -0.39 is 0 Å². The monoisotopic (exact) mass is 368 g/mol. The fourth-order valence-electron chi connectivity index (χ4n) is 2.52. The highest BCUT2D eigenvalue weighted by Gasteiger charge is 2.11. The van der Waals surface area contributed by atoms with Gasteiger partial charge in [-0.1, -0.05) is 24.9 Å². The molecule has 0 atom stereocenters. The molecule has 0 aliphatic carbocycles. The van der Waals surface area contributed by atoms with E-state index in [-0.39, 0.29) is 17.6 Å². The molecule has 140 valence electrons. The zero-order valence-electron chi connectivity index (χ0n) is 15.1. The zero-order chi connectivity index (χ0) is 19.1. The number of unbranched alkanes of at least 4 members (excludes halogenated alkanes) is 2. The molecule has 0 aliphatic heterocycles. The van der Waals surface area contributed by atoms with Gasteiger partial charge in [0.15, 0.2) is 0 Å². The van der Waals surface area contributed by atoms with Gasteiger partial charge < -0.3 is 9.26 Å². The van der Waals surface area contributed by atoms with E-state index in [1.807, 2.05) is 0 Å². The van der Waals surface area contributed by atoms with Crippen molar-refractivity contribution in [2.45, 2.75) is 26.2 Å². The van der Waals surface area contributed by atoms with Crippen LogP contribution >= 0.6 is 0 Å². The smallest absolute Gasteiger partial charge is 0.258 e. The number of anilines is 1. The van der Waals surface area contributed by atoms with Crippen molar-refractivity contribution < 1.29 is 18.4 Å². The minimum Gasteiger partial charge on any atom is -0.494 e. The highest BCUT2D eigenvalue weighted by molar-refractivity contribution is 6.03. The fourth-order valence-corrected chi connectivity index (χ4v) is 2.52. The Morgan fingerprint density at radius 2 is 1.85 bits per heavy atom. The van der Waals surface area contributed by atoms with E-state index in [1.165, 1.54) is 12.1 Å². The molecule has 27 heavy (non-hydrogen) atoms. The number of nitrogens with one attached hydrogen (secondary N) is 1. The molecule has 0 unspecified atom stereocenters. The minimum absolute atomic E-state index is 0.221. The first kappa shape index (κ1) is 18.6. The summed E-state index contributed by atoms with van der Waals surface area (Å²) in [5, 5.41) is 6.55. The molecule has 1 amide bonds. The van der Waals surface area contributed by atoms with Crippen molar-refractivity contribution in [3.63, 3.8) is 0 Å². The summed E-state index contributed by atoms with van der Waals surface area (Å²) in [4.78, 5) is 12.3. The van der Waals surface area contributed by atoms with Crippen LogP contribution in [0.25, 0.3) is 11.3 Å². The van der Waals surface area contributed by atoms with E-state index >= 15 is 0 Å². The molecule has 0 fully saturated rings. The zero-order valence-corrected chi connectivity index (χ0v) is 15.1. The Labute approximate surface area is 157 Å². The van der Waals surface area contributed by atoms with Gasteiger partial charge in [0.1, 0.15) is 17.3 Å². The molecule has 1 heterocycles. The fraction of sp³-hybridized carbons (Fsp3) is 0.238. The van der Waals surface area contributed by atoms with Gasteiger partial charge in [-0.05, 0) is 55.0 Å². The highest BCUT2D eigenvalue weighted by atomic mass is 19.1. The third-order valence-corrected chi connectivity index (χ3v) is 4.02. The maximum Gasteiger partial charge on any atom is 0.258 e. The third-order valence-electron chi connectivity index (χ3n) is 4.02. The molecule has 0 aliphatic rings. The number of aromatic nitrogens is 1. The Morgan fingerprint density at radius 3 is 2.56 bits per heavy atom. The maximum atomic E-state index is 13.0. The van der Waals surface area contributed by atoms with Crippen LogP contribution in [0.3, 0.4) is 0 Å². The quantitative estimate of drug-likeness (QED) is 0.548. The summed E-state index contributed by atoms with van der Waals surface area (Å²) in [5.74, 6) is 0.322. The summed E-state index contributed by atoms with van der Waals surface area (Å²) < 4.78 is 23.8. The van der Waals surface area contributed by atoms with E-state index in [0.29, 0.717) is 23.4 Å². The van der Waals surface area contributed by atoms with E-state index in [0.717, 1.165) is 25.0 Å². The lowest BCUT2D eigenvalue weighted by atomic mass is 10.1. The van der Waals surface area contributed by atoms with Crippen LogP contribution in [0.5, 0.6) is 5.75 Å². The molecule has 0 radical (unpaired) electrons. The van der Waals surface area contributed by atoms with Gasteiger partial charge in [0.25, 0.3) is 5.91 Å². The average Bonchev–Trinajstić information content (AvgIpc) is 3.15. The maximum absolute atomic E-state index is 13.0. The summed E-state index contributed by atoms with van der Waals surface area (Å²) in [6.45, 7) is 2.81. The van der Waals surface area contributed by atoms with Crippen LogP contribution in [0.1, 0.15) is 36.5 Å². The average molecular weight is 368 g/mol. The van der Waals surface area contributed by atoms with Gasteiger partial charge in [-0.3, -0.25) is 10.1 Å². The van der Waals surface area contributed by atoms with Crippen LogP contribution in [-0.2, 0) is 0 Å². The number of carbonyl (C=O) groups excluding carboxylic acids is 1. The molecule has 5 nitrogen and oxygen atoms in total. The lowest BCUT2D eigenvalue weighted by molar-refractivity contribution is 0.102. The van der Waals surface area contributed by atoms with Gasteiger partial charge in [-0.15, -0.1) is 0 Å². The SMILES string of the molecule is CCCCCOc1ccc(C(=O)Nc2cc(-c3ccc(F)cc3)no2)cc1. The van der Waals surface area contributed by atoms with Crippen LogP contribution in [-0.4, -0.2) is 17.7 Å². The first-order valence-electron chi connectivity index (χ1n) is 8.92. The van der Waals surface area contributed by atoms with Crippen molar-refractivity contribution in [2.75, 3.05) is 11.9 Å². The van der Waals surface area contributed by atoms with Crippen molar-refractivity contribution in [1.29, 1.82) is 0 Å². The van der Waals surface area contributed by atoms with Crippen molar-refractivity contribution in [1.82, 2.24) is 5.16 Å². The lowest BCUT2D eigenvalue weighted by Crippen LogP contribution is -2.11. The number of ether oxygens (including phenoxy) is 1. The molecular weight excluding hydrogens is 347 g/mol. The molecule has 6 heteroatoms. The van der Waals surface area contributed by atoms with Gasteiger partial charge in [0.2, 0.25) is 5.88 Å². The predicted octanol–water partition coefficient (Wildman–Crippen LogP) is 5.30. The van der Waals surface area contributed by atoms with Crippen molar-refractivity contribution in [2.24, 2.45) is 0 Å². The van der Waals surface area contributed by atoms with Crippen LogP contribution in [0, 0.1) is 5.82 Å². The molecule has 3 aromatic rings. The number of carbonyl (C=O) groups is 1. The summed E-state index contributed by atoms with van der Waals surface area (Å²) in [6.07, 6.45) is 3.30. The predicted molar refractivity (Wildman–Crippen MR) is 101 cm³/mol. The van der Waals surface area contributed by atoms with Crippen molar-refractivity contribution in [3.05, 3.63) is 66.0 Å². The van der Waals surface area contributed by atoms with Crippen LogP contribution in [0.2, 0.25) is 0 Å². The molecule has 0 saturated heterocycles. The number of rotatable bonds is 8. The largest absolute Gasteiger partial charge is 0.494 e. The van der Waals surface area contributed by atoms with Crippen LogP contribution in [0.4, 0.5) is 10.3 Å². The topological polar surface area (TPSA) is 64.4 Å². The van der Waals surface area contributed by atoms with E-state index in [2.05, 4.69) is 17.4 Å². The number of benzene rings is 2. The molecule has 0 saturated carbocycles. The number of halogens is 1. The van der Waals surface area contributed by atoms with Crippen molar-refractivity contribution in [3.8, 4) is 17.0 Å². The highest BCUT2D eigenvalue weighted by Crippen LogP contribution is 2.22. The summed E-state index contributed by atoms with van der Waals surface area (Å²) in [5.41, 5.74) is 1.70. The van der Waals surface area contributed by atoms with E-state index in [4.69, 9.17) is 9.26 Å². The molecule has 0 bridgehead atoms. The number of nitrogens with zero attached hydrogens (tertiary/aromatic N) is 1. The Kier molecular flexibility index (Phi) is 6.20. The van der Waals surface area contributed by atoms with Crippen LogP contribution in [0.15, 0.2) is 59.1 Å². The first-order valence-corrected chi connectivity index (χ1v) is 8.92. The molecule has 1 N–H and O–H groups in total. The molecular formula is C21H21FN2O3. The summed E-state index contributed by atoms with van der Waals surface area (Å²) in [7, 11) is 0. The van der Waals surface area contributed by atoms with E-state index in [1.54, 1.807) is 42.5 Å². The van der Waals surface area contributed by atoms with Gasteiger partial charge in [-0.25, -0.2) is 4.39 Å². The molecule has 1 aromatic heterocycles. The van der Waals surface area contributed by atoms with Crippen molar-refractivity contribution >= 4 is 11.8 Å². The van der Waals surface area contributed by atoms with Gasteiger partial charge in [0, 0.05) is 17.2 Å². The molecule has 3 rings (SSSR count). The van der Waals surface area contributed by atoms with Gasteiger partial charge in [0.05, 0.1) is 6.61 Å². The minimum atomic E-state index is -0.325. The molecule has 2 aromatic carbocycles. The Bertz CT molecular complexity index is 873. The second kappa shape index (κ2) is 8.98. The second-order valence-electron chi connectivity index (χ2n) is 6.12. The number of hydrogen-bond donors (Lipinski definition) is 1. The number of amides is 1. The Hall–Kier alpha value is -3.15.